The second-order valence-corrected chi connectivity index (χ2v) is 7.39. The number of hydrogen-bond acceptors (Lipinski definition) is 2. The Balaban J connectivity index is 1.66. The molecule has 0 N–H and O–H groups in total. The number of hydrogen-bond donors (Lipinski definition) is 0. The molecule has 0 amide bonds. The monoisotopic (exact) mass is 324 g/mol. The van der Waals surface area contributed by atoms with Crippen molar-refractivity contribution in [3.05, 3.63) is 0 Å². The summed E-state index contributed by atoms with van der Waals surface area (Å²) >= 11 is 0. The third-order valence-electron chi connectivity index (χ3n) is 4.81. The van der Waals surface area contributed by atoms with E-state index in [2.05, 4.69) is 6.92 Å². The van der Waals surface area contributed by atoms with Crippen LogP contribution < -0.4 is 0 Å². The van der Waals surface area contributed by atoms with Gasteiger partial charge in [-0.25, -0.2) is 0 Å². The van der Waals surface area contributed by atoms with Crippen LogP contribution in [-0.2, 0) is 9.53 Å². The Morgan fingerprint density at radius 2 is 1.09 bits per heavy atom. The lowest BCUT2D eigenvalue weighted by Gasteiger charge is -2.04. The predicted molar refractivity (Wildman–Crippen MR) is 98.7 cm³/mol. The zero-order valence-corrected chi connectivity index (χ0v) is 15.6. The number of esters is 1. The third-order valence-corrected chi connectivity index (χ3v) is 4.81. The quantitative estimate of drug-likeness (QED) is 0.214. The van der Waals surface area contributed by atoms with E-state index >= 15 is 0 Å². The van der Waals surface area contributed by atoms with E-state index in [0.717, 1.165) is 19.3 Å². The van der Waals surface area contributed by atoms with Crippen molar-refractivity contribution >= 4 is 5.97 Å². The summed E-state index contributed by atoms with van der Waals surface area (Å²) in [6, 6.07) is 0. The highest BCUT2D eigenvalue weighted by atomic mass is 16.5. The van der Waals surface area contributed by atoms with Gasteiger partial charge in [-0.2, -0.15) is 0 Å². The van der Waals surface area contributed by atoms with E-state index in [1.165, 1.54) is 89.9 Å². The van der Waals surface area contributed by atoms with Crippen LogP contribution in [0.2, 0.25) is 0 Å². The van der Waals surface area contributed by atoms with Crippen LogP contribution in [0.1, 0.15) is 122 Å². The fourth-order valence-electron chi connectivity index (χ4n) is 3.07. The fourth-order valence-corrected chi connectivity index (χ4v) is 3.07. The molecular weight excluding hydrogens is 284 g/mol. The SMILES string of the molecule is CCCCCCCCCCCCCCCCCC(=O)OC1CC1. The first-order chi connectivity index (χ1) is 11.3. The first-order valence-electron chi connectivity index (χ1n) is 10.5. The average Bonchev–Trinajstić information content (AvgIpc) is 3.35. The highest BCUT2D eigenvalue weighted by Crippen LogP contribution is 2.24. The van der Waals surface area contributed by atoms with Crippen LogP contribution in [0.25, 0.3) is 0 Å². The standard InChI is InChI=1S/C21H40O2/c1-2-3-4-5-6-7-8-9-10-11-12-13-14-15-16-17-21(22)23-20-18-19-20/h20H,2-19H2,1H3. The molecule has 0 heterocycles. The fraction of sp³-hybridized carbons (Fsp3) is 0.952. The van der Waals surface area contributed by atoms with Gasteiger partial charge >= 0.3 is 5.97 Å². The summed E-state index contributed by atoms with van der Waals surface area (Å²) in [6.45, 7) is 2.28. The van der Waals surface area contributed by atoms with Crippen LogP contribution in [0.15, 0.2) is 0 Å². The summed E-state index contributed by atoms with van der Waals surface area (Å²) in [5.41, 5.74) is 0. The smallest absolute Gasteiger partial charge is 0.306 e. The minimum Gasteiger partial charge on any atom is -0.462 e. The van der Waals surface area contributed by atoms with Gasteiger partial charge in [0.25, 0.3) is 0 Å². The molecule has 23 heavy (non-hydrogen) atoms. The molecule has 0 unspecified atom stereocenters. The van der Waals surface area contributed by atoms with Gasteiger partial charge in [0.05, 0.1) is 0 Å². The van der Waals surface area contributed by atoms with Crippen LogP contribution in [0.4, 0.5) is 0 Å². The van der Waals surface area contributed by atoms with Crippen molar-refractivity contribution in [3.8, 4) is 0 Å². The molecule has 2 nitrogen and oxygen atoms in total. The van der Waals surface area contributed by atoms with Crippen LogP contribution in [-0.4, -0.2) is 12.1 Å². The number of ether oxygens (including phenoxy) is 1. The summed E-state index contributed by atoms with van der Waals surface area (Å²) in [4.78, 5) is 11.4. The lowest BCUT2D eigenvalue weighted by Crippen LogP contribution is -2.05. The van der Waals surface area contributed by atoms with Crippen LogP contribution >= 0.6 is 0 Å². The largest absolute Gasteiger partial charge is 0.462 e. The van der Waals surface area contributed by atoms with E-state index in [9.17, 15) is 4.79 Å². The molecule has 0 radical (unpaired) electrons. The zero-order valence-electron chi connectivity index (χ0n) is 15.6. The molecule has 0 atom stereocenters. The molecule has 0 bridgehead atoms. The maximum atomic E-state index is 11.4. The Morgan fingerprint density at radius 3 is 1.48 bits per heavy atom. The average molecular weight is 325 g/mol. The van der Waals surface area contributed by atoms with Crippen molar-refractivity contribution in [3.63, 3.8) is 0 Å². The molecule has 0 aromatic carbocycles. The Bertz CT molecular complexity index is 271. The Hall–Kier alpha value is -0.530. The Labute approximate surface area is 144 Å². The summed E-state index contributed by atoms with van der Waals surface area (Å²) in [5, 5.41) is 0. The normalized spacial score (nSPS) is 14.1. The topological polar surface area (TPSA) is 26.3 Å². The van der Waals surface area contributed by atoms with Gasteiger partial charge in [-0.1, -0.05) is 96.8 Å². The third kappa shape index (κ3) is 14.8. The molecular formula is C21H40O2. The number of unbranched alkanes of at least 4 members (excludes halogenated alkanes) is 14. The first-order valence-corrected chi connectivity index (χ1v) is 10.5. The molecule has 1 aliphatic rings. The van der Waals surface area contributed by atoms with E-state index in [-0.39, 0.29) is 12.1 Å². The maximum Gasteiger partial charge on any atom is 0.306 e. The molecule has 1 saturated carbocycles. The van der Waals surface area contributed by atoms with Gasteiger partial charge < -0.3 is 4.74 Å². The molecule has 136 valence electrons. The molecule has 2 heteroatoms. The lowest BCUT2D eigenvalue weighted by molar-refractivity contribution is -0.145. The molecule has 0 aliphatic heterocycles. The van der Waals surface area contributed by atoms with Crippen molar-refractivity contribution < 1.29 is 9.53 Å². The van der Waals surface area contributed by atoms with Crippen molar-refractivity contribution in [1.29, 1.82) is 0 Å². The Kier molecular flexibility index (Phi) is 13.4. The van der Waals surface area contributed by atoms with Gasteiger partial charge in [-0.3, -0.25) is 4.79 Å². The van der Waals surface area contributed by atoms with E-state index in [1.807, 2.05) is 0 Å². The van der Waals surface area contributed by atoms with E-state index in [4.69, 9.17) is 4.74 Å². The number of rotatable bonds is 17. The number of carbonyl (C=O) groups excluding carboxylic acids is 1. The molecule has 1 rings (SSSR count). The highest BCUT2D eigenvalue weighted by molar-refractivity contribution is 5.69. The summed E-state index contributed by atoms with van der Waals surface area (Å²) < 4.78 is 5.24. The maximum absolute atomic E-state index is 11.4. The summed E-state index contributed by atoms with van der Waals surface area (Å²) in [6.07, 6.45) is 23.5. The van der Waals surface area contributed by atoms with Crippen molar-refractivity contribution in [2.75, 3.05) is 0 Å². The zero-order chi connectivity index (χ0) is 16.6. The van der Waals surface area contributed by atoms with E-state index < -0.39 is 0 Å². The number of carbonyl (C=O) groups is 1. The second-order valence-electron chi connectivity index (χ2n) is 7.39. The van der Waals surface area contributed by atoms with E-state index in [0.29, 0.717) is 6.42 Å². The van der Waals surface area contributed by atoms with Crippen molar-refractivity contribution in [2.45, 2.75) is 129 Å². The van der Waals surface area contributed by atoms with Gasteiger partial charge in [0.1, 0.15) is 6.10 Å². The molecule has 1 fully saturated rings. The van der Waals surface area contributed by atoms with Gasteiger partial charge in [-0.05, 0) is 19.3 Å². The molecule has 0 aromatic heterocycles. The molecule has 0 spiro atoms. The minimum atomic E-state index is 0.0298. The van der Waals surface area contributed by atoms with Gasteiger partial charge in [0, 0.05) is 6.42 Å². The summed E-state index contributed by atoms with van der Waals surface area (Å²) in [5.74, 6) is 0.0298. The lowest BCUT2D eigenvalue weighted by atomic mass is 10.0. The van der Waals surface area contributed by atoms with Crippen LogP contribution in [0.5, 0.6) is 0 Å². The van der Waals surface area contributed by atoms with Crippen molar-refractivity contribution in [2.24, 2.45) is 0 Å². The van der Waals surface area contributed by atoms with Crippen molar-refractivity contribution in [1.82, 2.24) is 0 Å². The minimum absolute atomic E-state index is 0.0298. The van der Waals surface area contributed by atoms with Gasteiger partial charge in [-0.15, -0.1) is 0 Å². The molecule has 0 saturated heterocycles. The second kappa shape index (κ2) is 15.0. The van der Waals surface area contributed by atoms with E-state index in [1.54, 1.807) is 0 Å². The van der Waals surface area contributed by atoms with Crippen LogP contribution in [0, 0.1) is 0 Å². The molecule has 1 aliphatic carbocycles. The predicted octanol–water partition coefficient (Wildman–Crippen LogP) is 6.95. The molecule has 0 aromatic rings. The Morgan fingerprint density at radius 1 is 0.696 bits per heavy atom. The van der Waals surface area contributed by atoms with Gasteiger partial charge in [0.15, 0.2) is 0 Å². The highest BCUT2D eigenvalue weighted by Gasteiger charge is 2.25. The first kappa shape index (κ1) is 20.5. The van der Waals surface area contributed by atoms with Gasteiger partial charge in [0.2, 0.25) is 0 Å². The van der Waals surface area contributed by atoms with Crippen LogP contribution in [0.3, 0.4) is 0 Å². The summed E-state index contributed by atoms with van der Waals surface area (Å²) in [7, 11) is 0.